The zero-order valence-corrected chi connectivity index (χ0v) is 15.6. The van der Waals surface area contributed by atoms with Crippen molar-refractivity contribution in [2.75, 3.05) is 5.32 Å². The van der Waals surface area contributed by atoms with Gasteiger partial charge >= 0.3 is 5.97 Å². The minimum absolute atomic E-state index is 0.223. The van der Waals surface area contributed by atoms with Gasteiger partial charge in [0, 0.05) is 0 Å². The average molecular weight is 437 g/mol. The smallest absolute Gasteiger partial charge is 0.338 e. The van der Waals surface area contributed by atoms with Crippen molar-refractivity contribution in [3.05, 3.63) is 58.4 Å². The molecule has 3 N–H and O–H groups in total. The normalized spacial score (nSPS) is 12.4. The Balaban J connectivity index is 2.14. The maximum Gasteiger partial charge on any atom is 0.338 e. The molecule has 2 rings (SSSR count). The second-order valence-electron chi connectivity index (χ2n) is 5.45. The van der Waals surface area contributed by atoms with Gasteiger partial charge in [-0.25, -0.2) is 31.5 Å². The van der Waals surface area contributed by atoms with E-state index in [0.717, 1.165) is 31.2 Å². The van der Waals surface area contributed by atoms with Crippen LogP contribution in [0.2, 0.25) is 5.02 Å². The Morgan fingerprint density at radius 1 is 1.14 bits per heavy atom. The number of sulfonamides is 1. The largest absolute Gasteiger partial charge is 0.449 e. The number of carbonyl (C=O) groups is 2. The molecule has 1 unspecified atom stereocenters. The van der Waals surface area contributed by atoms with Gasteiger partial charge in [-0.05, 0) is 37.3 Å². The second-order valence-corrected chi connectivity index (χ2v) is 7.39. The topological polar surface area (TPSA) is 116 Å². The van der Waals surface area contributed by atoms with Gasteiger partial charge in [0.25, 0.3) is 5.91 Å². The first kappa shape index (κ1) is 21.7. The van der Waals surface area contributed by atoms with E-state index in [1.54, 1.807) is 0 Å². The van der Waals surface area contributed by atoms with Crippen molar-refractivity contribution in [2.24, 2.45) is 5.14 Å². The van der Waals surface area contributed by atoms with Gasteiger partial charge in [-0.3, -0.25) is 4.79 Å². The predicted molar refractivity (Wildman–Crippen MR) is 92.6 cm³/mol. The fourth-order valence-electron chi connectivity index (χ4n) is 1.99. The molecule has 2 aromatic rings. The van der Waals surface area contributed by atoms with Crippen molar-refractivity contribution in [3.8, 4) is 0 Å². The second kappa shape index (κ2) is 8.17. The zero-order chi connectivity index (χ0) is 21.2. The molecule has 12 heteroatoms. The molecule has 2 aromatic carbocycles. The van der Waals surface area contributed by atoms with Crippen LogP contribution in [0.4, 0.5) is 18.9 Å². The van der Waals surface area contributed by atoms with E-state index < -0.39 is 56.0 Å². The van der Waals surface area contributed by atoms with E-state index in [0.29, 0.717) is 6.07 Å². The molecule has 0 aromatic heterocycles. The van der Waals surface area contributed by atoms with Crippen molar-refractivity contribution >= 4 is 39.2 Å². The third-order valence-corrected chi connectivity index (χ3v) is 4.81. The molecule has 0 heterocycles. The minimum Gasteiger partial charge on any atom is -0.449 e. The van der Waals surface area contributed by atoms with E-state index in [9.17, 15) is 31.2 Å². The number of anilines is 1. The summed E-state index contributed by atoms with van der Waals surface area (Å²) in [6.07, 6.45) is -1.49. The van der Waals surface area contributed by atoms with Gasteiger partial charge in [0.15, 0.2) is 23.6 Å². The number of ether oxygens (including phenoxy) is 1. The Hall–Kier alpha value is -2.63. The molecule has 0 aliphatic carbocycles. The van der Waals surface area contributed by atoms with Crippen LogP contribution in [0.3, 0.4) is 0 Å². The lowest BCUT2D eigenvalue weighted by Crippen LogP contribution is -2.30. The van der Waals surface area contributed by atoms with Crippen LogP contribution >= 0.6 is 11.6 Å². The lowest BCUT2D eigenvalue weighted by molar-refractivity contribution is -0.123. The number of benzene rings is 2. The van der Waals surface area contributed by atoms with Gasteiger partial charge in [-0.2, -0.15) is 0 Å². The maximum atomic E-state index is 13.6. The van der Waals surface area contributed by atoms with E-state index >= 15 is 0 Å². The fraction of sp³-hybridized carbons (Fsp3) is 0.125. The molecule has 0 saturated carbocycles. The third-order valence-electron chi connectivity index (χ3n) is 3.42. The van der Waals surface area contributed by atoms with Crippen LogP contribution in [0.15, 0.2) is 35.2 Å². The molecule has 1 amide bonds. The van der Waals surface area contributed by atoms with Crippen LogP contribution < -0.4 is 10.5 Å². The Kier molecular flexibility index (Phi) is 6.32. The Labute approximate surface area is 162 Å². The number of nitrogens with two attached hydrogens (primary N) is 1. The first-order valence-corrected chi connectivity index (χ1v) is 9.32. The van der Waals surface area contributed by atoms with Gasteiger partial charge in [0.2, 0.25) is 10.0 Å². The zero-order valence-electron chi connectivity index (χ0n) is 14.0. The lowest BCUT2D eigenvalue weighted by Gasteiger charge is -2.14. The highest BCUT2D eigenvalue weighted by molar-refractivity contribution is 7.89. The fourth-order valence-corrected chi connectivity index (χ4v) is 3.06. The monoisotopic (exact) mass is 436 g/mol. The standard InChI is InChI=1S/C16H12ClF3N2O5S/c1-7(15(23)22-11-5-4-10(18)13(19)14(11)20)27-16(24)8-2-3-9(17)12(6-8)28(21,25)26/h2-7H,1H3,(H,22,23)(H2,21,25,26). The third kappa shape index (κ3) is 4.80. The number of hydrogen-bond acceptors (Lipinski definition) is 5. The van der Waals surface area contributed by atoms with E-state index in [4.69, 9.17) is 21.5 Å². The number of primary sulfonamides is 1. The summed E-state index contributed by atoms with van der Waals surface area (Å²) >= 11 is 5.70. The van der Waals surface area contributed by atoms with Crippen LogP contribution in [-0.4, -0.2) is 26.4 Å². The molecule has 0 aliphatic rings. The summed E-state index contributed by atoms with van der Waals surface area (Å²) in [4.78, 5) is 23.6. The van der Waals surface area contributed by atoms with Gasteiger partial charge in [0.05, 0.1) is 16.3 Å². The Bertz CT molecular complexity index is 1060. The molecule has 0 radical (unpaired) electrons. The van der Waals surface area contributed by atoms with Crippen LogP contribution in [0.5, 0.6) is 0 Å². The van der Waals surface area contributed by atoms with Gasteiger partial charge in [-0.15, -0.1) is 0 Å². The van der Waals surface area contributed by atoms with Gasteiger partial charge in [-0.1, -0.05) is 11.6 Å². The maximum absolute atomic E-state index is 13.6. The summed E-state index contributed by atoms with van der Waals surface area (Å²) in [5.74, 6) is -6.99. The van der Waals surface area contributed by atoms with Crippen molar-refractivity contribution in [1.29, 1.82) is 0 Å². The number of esters is 1. The molecule has 0 fully saturated rings. The number of nitrogens with one attached hydrogen (secondary N) is 1. The van der Waals surface area contributed by atoms with E-state index in [1.807, 2.05) is 5.32 Å². The highest BCUT2D eigenvalue weighted by Gasteiger charge is 2.23. The van der Waals surface area contributed by atoms with Crippen molar-refractivity contribution in [1.82, 2.24) is 0 Å². The van der Waals surface area contributed by atoms with Crippen molar-refractivity contribution in [2.45, 2.75) is 17.9 Å². The minimum atomic E-state index is -4.21. The average Bonchev–Trinajstić information content (AvgIpc) is 2.61. The van der Waals surface area contributed by atoms with E-state index in [2.05, 4.69) is 0 Å². The Morgan fingerprint density at radius 2 is 1.79 bits per heavy atom. The molecule has 7 nitrogen and oxygen atoms in total. The van der Waals surface area contributed by atoms with Crippen LogP contribution in [0.25, 0.3) is 0 Å². The molecular weight excluding hydrogens is 425 g/mol. The molecule has 0 bridgehead atoms. The molecule has 0 spiro atoms. The number of rotatable bonds is 5. The predicted octanol–water partition coefficient (Wildman–Crippen LogP) is 2.59. The van der Waals surface area contributed by atoms with Crippen LogP contribution in [0, 0.1) is 17.5 Å². The highest BCUT2D eigenvalue weighted by atomic mass is 35.5. The van der Waals surface area contributed by atoms with E-state index in [1.165, 1.54) is 0 Å². The molecule has 1 atom stereocenters. The SMILES string of the molecule is CC(OC(=O)c1ccc(Cl)c(S(N)(=O)=O)c1)C(=O)Nc1ccc(F)c(F)c1F. The highest BCUT2D eigenvalue weighted by Crippen LogP contribution is 2.23. The molecular formula is C16H12ClF3N2O5S. The lowest BCUT2D eigenvalue weighted by atomic mass is 10.2. The first-order chi connectivity index (χ1) is 12.9. The first-order valence-electron chi connectivity index (χ1n) is 7.39. The number of amides is 1. The van der Waals surface area contributed by atoms with E-state index in [-0.39, 0.29) is 10.6 Å². The molecule has 28 heavy (non-hydrogen) atoms. The van der Waals surface area contributed by atoms with Crippen molar-refractivity contribution in [3.63, 3.8) is 0 Å². The summed E-state index contributed by atoms with van der Waals surface area (Å²) in [6, 6.07) is 4.49. The van der Waals surface area contributed by atoms with Crippen LogP contribution in [0.1, 0.15) is 17.3 Å². The summed E-state index contributed by atoms with van der Waals surface area (Å²) in [6.45, 7) is 1.13. The quantitative estimate of drug-likeness (QED) is 0.552. The molecule has 150 valence electrons. The summed E-state index contributed by atoms with van der Waals surface area (Å²) in [7, 11) is -4.21. The van der Waals surface area contributed by atoms with Gasteiger partial charge < -0.3 is 10.1 Å². The Morgan fingerprint density at radius 3 is 2.39 bits per heavy atom. The van der Waals surface area contributed by atoms with Crippen LogP contribution in [-0.2, 0) is 19.6 Å². The molecule has 0 saturated heterocycles. The summed E-state index contributed by atoms with van der Waals surface area (Å²) < 4.78 is 67.4. The summed E-state index contributed by atoms with van der Waals surface area (Å²) in [5, 5.41) is 6.70. The number of carbonyl (C=O) groups excluding carboxylic acids is 2. The molecule has 0 aliphatic heterocycles. The van der Waals surface area contributed by atoms with Gasteiger partial charge in [0.1, 0.15) is 4.90 Å². The number of hydrogen-bond donors (Lipinski definition) is 2. The summed E-state index contributed by atoms with van der Waals surface area (Å²) in [5.41, 5.74) is -0.929. The number of halogens is 4. The van der Waals surface area contributed by atoms with Crippen molar-refractivity contribution < 1.29 is 35.9 Å².